The fraction of sp³-hybridized carbons (Fsp3) is 0.600. The summed E-state index contributed by atoms with van der Waals surface area (Å²) in [6, 6.07) is 0. The first-order valence-electron chi connectivity index (χ1n) is 7.65. The molecule has 1 aliphatic heterocycles. The van der Waals surface area contributed by atoms with Gasteiger partial charge in [-0.2, -0.15) is 0 Å². The lowest BCUT2D eigenvalue weighted by atomic mass is 9.74. The van der Waals surface area contributed by atoms with E-state index in [-0.39, 0.29) is 36.8 Å². The molecule has 1 fully saturated rings. The van der Waals surface area contributed by atoms with Crippen molar-refractivity contribution in [3.63, 3.8) is 0 Å². The van der Waals surface area contributed by atoms with Crippen LogP contribution in [-0.4, -0.2) is 68.4 Å². The Balaban J connectivity index is 0.000000891. The molecule has 1 aromatic heterocycles. The third kappa shape index (κ3) is 4.62. The van der Waals surface area contributed by atoms with E-state index >= 15 is 0 Å². The van der Waals surface area contributed by atoms with Crippen LogP contribution < -0.4 is 5.56 Å². The highest BCUT2D eigenvalue weighted by Gasteiger charge is 2.43. The number of hydrogen-bond acceptors (Lipinski definition) is 6. The van der Waals surface area contributed by atoms with Crippen LogP contribution in [0.1, 0.15) is 36.7 Å². The Morgan fingerprint density at radius 2 is 2.25 bits per heavy atom. The average molecular weight is 341 g/mol. The summed E-state index contributed by atoms with van der Waals surface area (Å²) in [5.74, 6) is -0.299. The van der Waals surface area contributed by atoms with Crippen LogP contribution in [0.25, 0.3) is 0 Å². The zero-order valence-corrected chi connectivity index (χ0v) is 13.5. The van der Waals surface area contributed by atoms with Crippen LogP contribution in [0.5, 0.6) is 0 Å². The van der Waals surface area contributed by atoms with Crippen molar-refractivity contribution in [3.05, 3.63) is 28.4 Å². The van der Waals surface area contributed by atoms with Gasteiger partial charge in [-0.05, 0) is 12.8 Å². The highest BCUT2D eigenvalue weighted by molar-refractivity contribution is 5.92. The number of aromatic amines is 1. The van der Waals surface area contributed by atoms with Crippen molar-refractivity contribution in [1.82, 2.24) is 14.9 Å². The molecule has 0 saturated carbocycles. The maximum absolute atomic E-state index is 12.4. The van der Waals surface area contributed by atoms with E-state index in [1.54, 1.807) is 4.90 Å². The van der Waals surface area contributed by atoms with Gasteiger partial charge >= 0.3 is 0 Å². The Labute approximate surface area is 139 Å². The first-order valence-corrected chi connectivity index (χ1v) is 7.65. The number of likely N-dealkylation sites (tertiary alicyclic amines) is 1. The molecule has 9 nitrogen and oxygen atoms in total. The Morgan fingerprint density at radius 1 is 1.58 bits per heavy atom. The van der Waals surface area contributed by atoms with E-state index in [9.17, 15) is 19.8 Å². The van der Waals surface area contributed by atoms with Gasteiger partial charge in [0.25, 0.3) is 17.9 Å². The third-order valence-electron chi connectivity index (χ3n) is 4.13. The number of carboxylic acid groups (broad SMARTS) is 1. The van der Waals surface area contributed by atoms with Crippen LogP contribution in [0.3, 0.4) is 0 Å². The Morgan fingerprint density at radius 3 is 2.75 bits per heavy atom. The molecule has 2 rings (SSSR count). The summed E-state index contributed by atoms with van der Waals surface area (Å²) >= 11 is 0. The molecule has 0 bridgehead atoms. The van der Waals surface area contributed by atoms with Crippen molar-refractivity contribution >= 4 is 12.4 Å². The number of nitrogens with one attached hydrogen (secondary N) is 1. The standard InChI is InChI=1S/C14H21N3O4.CH2O2/c1-2-4-14(9-18)8-17(5-3-11(14)19)13(21)10-6-16-12(20)7-15-10;2-1-3/h6-7,11,18-19H,2-5,8-9H2,1H3,(H,16,20);1H,(H,2,3)/t11-,14+;/m1./s1. The van der Waals surface area contributed by atoms with Crippen molar-refractivity contribution in [1.29, 1.82) is 0 Å². The highest BCUT2D eigenvalue weighted by atomic mass is 16.3. The van der Waals surface area contributed by atoms with E-state index in [1.807, 2.05) is 6.92 Å². The molecule has 2 heterocycles. The number of aliphatic hydroxyl groups excluding tert-OH is 2. The second-order valence-corrected chi connectivity index (χ2v) is 5.70. The van der Waals surface area contributed by atoms with E-state index in [4.69, 9.17) is 9.90 Å². The largest absolute Gasteiger partial charge is 0.483 e. The monoisotopic (exact) mass is 341 g/mol. The minimum Gasteiger partial charge on any atom is -0.483 e. The molecule has 0 spiro atoms. The van der Waals surface area contributed by atoms with Gasteiger partial charge in [-0.3, -0.25) is 14.4 Å². The summed E-state index contributed by atoms with van der Waals surface area (Å²) in [5, 5.41) is 26.8. The van der Waals surface area contributed by atoms with Gasteiger partial charge in [0.15, 0.2) is 0 Å². The van der Waals surface area contributed by atoms with Gasteiger partial charge in [0, 0.05) is 24.7 Å². The number of carbonyl (C=O) groups excluding carboxylic acids is 1. The Bertz CT molecular complexity index is 585. The number of aliphatic hydroxyl groups is 2. The summed E-state index contributed by atoms with van der Waals surface area (Å²) < 4.78 is 0. The van der Waals surface area contributed by atoms with Gasteiger partial charge in [0.05, 0.1) is 18.9 Å². The zero-order chi connectivity index (χ0) is 18.2. The van der Waals surface area contributed by atoms with E-state index in [0.717, 1.165) is 12.6 Å². The molecule has 24 heavy (non-hydrogen) atoms. The molecule has 1 saturated heterocycles. The summed E-state index contributed by atoms with van der Waals surface area (Å²) in [6.45, 7) is 2.27. The van der Waals surface area contributed by atoms with Crippen LogP contribution in [0.2, 0.25) is 0 Å². The molecule has 1 aromatic rings. The molecule has 0 aliphatic carbocycles. The zero-order valence-electron chi connectivity index (χ0n) is 13.5. The number of aromatic nitrogens is 2. The number of H-pyrrole nitrogens is 1. The molecule has 0 unspecified atom stereocenters. The van der Waals surface area contributed by atoms with Crippen molar-refractivity contribution < 1.29 is 24.9 Å². The molecule has 4 N–H and O–H groups in total. The SMILES string of the molecule is CCC[C@@]1(CO)CN(C(=O)c2c[nH]c(=O)cn2)CC[C@H]1O.O=CO. The van der Waals surface area contributed by atoms with E-state index in [2.05, 4.69) is 9.97 Å². The quantitative estimate of drug-likeness (QED) is 0.538. The normalized spacial score (nSPS) is 23.1. The number of amides is 1. The van der Waals surface area contributed by atoms with Gasteiger partial charge in [0.1, 0.15) is 5.69 Å². The highest BCUT2D eigenvalue weighted by Crippen LogP contribution is 2.35. The molecular formula is C15H23N3O6. The maximum atomic E-state index is 12.4. The molecule has 1 aliphatic rings. The molecule has 2 atom stereocenters. The molecule has 9 heteroatoms. The Hall–Kier alpha value is -2.26. The minimum absolute atomic E-state index is 0.161. The maximum Gasteiger partial charge on any atom is 0.290 e. The predicted molar refractivity (Wildman–Crippen MR) is 84.5 cm³/mol. The molecule has 0 aromatic carbocycles. The molecular weight excluding hydrogens is 318 g/mol. The smallest absolute Gasteiger partial charge is 0.290 e. The fourth-order valence-electron chi connectivity index (χ4n) is 2.92. The number of piperidine rings is 1. The average Bonchev–Trinajstić information content (AvgIpc) is 2.58. The topological polar surface area (TPSA) is 144 Å². The minimum atomic E-state index is -0.676. The number of rotatable bonds is 4. The fourth-order valence-corrected chi connectivity index (χ4v) is 2.92. The van der Waals surface area contributed by atoms with Crippen LogP contribution in [0, 0.1) is 5.41 Å². The Kier molecular flexibility index (Phi) is 7.53. The number of nitrogens with zero attached hydrogens (tertiary/aromatic N) is 2. The van der Waals surface area contributed by atoms with Crippen LogP contribution in [0.4, 0.5) is 0 Å². The van der Waals surface area contributed by atoms with E-state index in [0.29, 0.717) is 19.4 Å². The first-order chi connectivity index (χ1) is 11.4. The van der Waals surface area contributed by atoms with Crippen molar-refractivity contribution in [3.8, 4) is 0 Å². The second-order valence-electron chi connectivity index (χ2n) is 5.70. The van der Waals surface area contributed by atoms with Crippen LogP contribution in [0.15, 0.2) is 17.2 Å². The summed E-state index contributed by atoms with van der Waals surface area (Å²) in [5.41, 5.74) is -0.879. The summed E-state index contributed by atoms with van der Waals surface area (Å²) in [4.78, 5) is 39.6. The number of hydrogen-bond donors (Lipinski definition) is 4. The van der Waals surface area contributed by atoms with E-state index in [1.165, 1.54) is 6.20 Å². The second kappa shape index (κ2) is 9.14. The lowest BCUT2D eigenvalue weighted by Crippen LogP contribution is -2.55. The van der Waals surface area contributed by atoms with Crippen LogP contribution in [-0.2, 0) is 4.79 Å². The summed E-state index contributed by atoms with van der Waals surface area (Å²) in [6.07, 6.45) is 3.63. The molecule has 134 valence electrons. The van der Waals surface area contributed by atoms with Crippen molar-refractivity contribution in [2.45, 2.75) is 32.3 Å². The van der Waals surface area contributed by atoms with Gasteiger partial charge in [-0.25, -0.2) is 4.98 Å². The predicted octanol–water partition coefficient (Wildman–Crippen LogP) is -0.544. The molecule has 1 amide bonds. The lowest BCUT2D eigenvalue weighted by molar-refractivity contribution is -0.122. The van der Waals surface area contributed by atoms with E-state index < -0.39 is 11.5 Å². The molecule has 0 radical (unpaired) electrons. The summed E-state index contributed by atoms with van der Waals surface area (Å²) in [7, 11) is 0. The van der Waals surface area contributed by atoms with Crippen LogP contribution >= 0.6 is 0 Å². The first kappa shape index (κ1) is 19.8. The van der Waals surface area contributed by atoms with Gasteiger partial charge in [-0.15, -0.1) is 0 Å². The van der Waals surface area contributed by atoms with Crippen molar-refractivity contribution in [2.24, 2.45) is 5.41 Å². The van der Waals surface area contributed by atoms with Gasteiger partial charge < -0.3 is 25.2 Å². The lowest BCUT2D eigenvalue weighted by Gasteiger charge is -2.45. The number of carbonyl (C=O) groups is 2. The third-order valence-corrected chi connectivity index (χ3v) is 4.13. The van der Waals surface area contributed by atoms with Gasteiger partial charge in [0.2, 0.25) is 0 Å². The van der Waals surface area contributed by atoms with Gasteiger partial charge in [-0.1, -0.05) is 13.3 Å². The van der Waals surface area contributed by atoms with Crippen molar-refractivity contribution in [2.75, 3.05) is 19.7 Å².